The van der Waals surface area contributed by atoms with Crippen LogP contribution in [0.5, 0.6) is 0 Å². The molecule has 222 valence electrons. The van der Waals surface area contributed by atoms with Crippen LogP contribution in [0.3, 0.4) is 0 Å². The number of aromatic nitrogens is 2. The Bertz CT molecular complexity index is 1950. The molecule has 0 bridgehead atoms. The Morgan fingerprint density at radius 3 is 2.44 bits per heavy atom. The second-order valence-corrected chi connectivity index (χ2v) is 11.8. The lowest BCUT2D eigenvalue weighted by atomic mass is 9.99. The van der Waals surface area contributed by atoms with Crippen LogP contribution in [0.2, 0.25) is 0 Å². The number of pyridine rings is 1. The second-order valence-electron chi connectivity index (χ2n) is 9.94. The topological polar surface area (TPSA) is 170 Å². The first kappa shape index (κ1) is 31.2. The second kappa shape index (κ2) is 12.6. The molecule has 0 aliphatic rings. The molecule has 2 heterocycles. The van der Waals surface area contributed by atoms with E-state index in [0.717, 1.165) is 9.87 Å². The maximum absolute atomic E-state index is 14.0. The fourth-order valence-electron chi connectivity index (χ4n) is 5.05. The van der Waals surface area contributed by atoms with Crippen LogP contribution in [0.4, 0.5) is 5.69 Å². The van der Waals surface area contributed by atoms with Crippen molar-refractivity contribution in [2.24, 2.45) is 5.73 Å². The molecule has 12 heteroatoms. The zero-order valence-electron chi connectivity index (χ0n) is 23.2. The van der Waals surface area contributed by atoms with Crippen LogP contribution in [0.15, 0.2) is 83.9 Å². The first-order valence-corrected chi connectivity index (χ1v) is 14.7. The number of ketones is 1. The van der Waals surface area contributed by atoms with E-state index in [-0.39, 0.29) is 53.1 Å². The van der Waals surface area contributed by atoms with Crippen molar-refractivity contribution in [2.75, 3.05) is 10.8 Å². The zero-order chi connectivity index (χ0) is 30.0. The van der Waals surface area contributed by atoms with Gasteiger partial charge in [0.1, 0.15) is 10.7 Å². The van der Waals surface area contributed by atoms with Crippen molar-refractivity contribution in [3.8, 4) is 0 Å². The minimum absolute atomic E-state index is 0. The van der Waals surface area contributed by atoms with Crippen molar-refractivity contribution in [1.82, 2.24) is 9.97 Å². The van der Waals surface area contributed by atoms with Gasteiger partial charge in [0.15, 0.2) is 5.78 Å². The summed E-state index contributed by atoms with van der Waals surface area (Å²) in [6, 6.07) is 20.3. The van der Waals surface area contributed by atoms with Gasteiger partial charge in [-0.15, -0.1) is 12.4 Å². The summed E-state index contributed by atoms with van der Waals surface area (Å²) in [4.78, 5) is 32.4. The Balaban J connectivity index is 0.00000423. The molecule has 43 heavy (non-hydrogen) atoms. The molecule has 0 aliphatic heterocycles. The molecule has 10 nitrogen and oxygen atoms in total. The highest BCUT2D eigenvalue weighted by Crippen LogP contribution is 2.33. The van der Waals surface area contributed by atoms with E-state index >= 15 is 0 Å². The predicted octanol–water partition coefficient (Wildman–Crippen LogP) is 5.22. The van der Waals surface area contributed by atoms with E-state index < -0.39 is 22.4 Å². The molecule has 5 rings (SSSR count). The fourth-order valence-corrected chi connectivity index (χ4v) is 6.68. The number of carbonyl (C=O) groups excluding carboxylic acids is 1. The third kappa shape index (κ3) is 6.37. The number of nitrogens with two attached hydrogens (primary N) is 1. The summed E-state index contributed by atoms with van der Waals surface area (Å²) >= 11 is 0. The largest absolute Gasteiger partial charge is 0.481 e. The average molecular weight is 620 g/mol. The minimum Gasteiger partial charge on any atom is -0.481 e. The van der Waals surface area contributed by atoms with Crippen molar-refractivity contribution in [3.63, 3.8) is 0 Å². The molecule has 0 saturated heterocycles. The van der Waals surface area contributed by atoms with Crippen LogP contribution in [0.25, 0.3) is 21.8 Å². The van der Waals surface area contributed by atoms with Gasteiger partial charge >= 0.3 is 5.97 Å². The van der Waals surface area contributed by atoms with Gasteiger partial charge in [0, 0.05) is 52.3 Å². The molecule has 2 aromatic heterocycles. The first-order valence-electron chi connectivity index (χ1n) is 13.2. The van der Waals surface area contributed by atoms with Gasteiger partial charge < -0.3 is 15.8 Å². The summed E-state index contributed by atoms with van der Waals surface area (Å²) in [5, 5.41) is 18.1. The lowest BCUT2D eigenvalue weighted by Gasteiger charge is -2.24. The van der Waals surface area contributed by atoms with Gasteiger partial charge in [-0.3, -0.25) is 24.3 Å². The smallest absolute Gasteiger partial charge is 0.305 e. The molecule has 0 saturated carbocycles. The molecule has 0 unspecified atom stereocenters. The lowest BCUT2D eigenvalue weighted by Crippen LogP contribution is -2.33. The van der Waals surface area contributed by atoms with Crippen molar-refractivity contribution >= 4 is 67.5 Å². The number of amidine groups is 1. The third-order valence-electron chi connectivity index (χ3n) is 7.13. The lowest BCUT2D eigenvalue weighted by molar-refractivity contribution is -0.136. The zero-order valence-corrected chi connectivity index (χ0v) is 24.8. The monoisotopic (exact) mass is 619 g/mol. The van der Waals surface area contributed by atoms with Crippen LogP contribution in [-0.4, -0.2) is 47.6 Å². The molecule has 0 radical (unpaired) electrons. The van der Waals surface area contributed by atoms with Gasteiger partial charge in [0.05, 0.1) is 17.6 Å². The highest BCUT2D eigenvalue weighted by Gasteiger charge is 2.29. The molecule has 0 atom stereocenters. The number of aryl methyl sites for hydroxylation is 2. The summed E-state index contributed by atoms with van der Waals surface area (Å²) in [6.45, 7) is 1.48. The summed E-state index contributed by atoms with van der Waals surface area (Å²) in [7, 11) is -4.24. The van der Waals surface area contributed by atoms with Crippen LogP contribution < -0.4 is 10.0 Å². The Morgan fingerprint density at radius 2 is 1.74 bits per heavy atom. The number of sulfonamides is 1. The number of hydrogen-bond acceptors (Lipinski definition) is 6. The normalized spacial score (nSPS) is 11.3. The van der Waals surface area contributed by atoms with E-state index in [4.69, 9.17) is 11.1 Å². The Hall–Kier alpha value is -4.74. The van der Waals surface area contributed by atoms with Crippen molar-refractivity contribution in [1.29, 1.82) is 5.41 Å². The number of fused-ring (bicyclic) bond motifs is 2. The number of rotatable bonds is 11. The Morgan fingerprint density at radius 1 is 1.02 bits per heavy atom. The predicted molar refractivity (Wildman–Crippen MR) is 169 cm³/mol. The van der Waals surface area contributed by atoms with E-state index in [0.29, 0.717) is 39.5 Å². The summed E-state index contributed by atoms with van der Waals surface area (Å²) in [6.07, 6.45) is 1.76. The van der Waals surface area contributed by atoms with Gasteiger partial charge in [0.25, 0.3) is 10.0 Å². The number of nitrogens with one attached hydrogen (secondary N) is 2. The SMILES string of the molecule is Cc1[nH]c2ccc(N(CCC(=O)O)S(=O)(=O)c3cccc4cccnc34)cc2c1C(=O)CCc1ccc(C(=N)N)cc1.Cl. The summed E-state index contributed by atoms with van der Waals surface area (Å²) < 4.78 is 29.2. The Kier molecular flexibility index (Phi) is 9.17. The van der Waals surface area contributed by atoms with Crippen LogP contribution >= 0.6 is 12.4 Å². The quantitative estimate of drug-likeness (QED) is 0.0892. The molecule has 5 aromatic rings. The minimum atomic E-state index is -4.24. The van der Waals surface area contributed by atoms with Crippen LogP contribution in [-0.2, 0) is 21.2 Å². The van der Waals surface area contributed by atoms with Crippen molar-refractivity contribution in [2.45, 2.75) is 31.1 Å². The maximum Gasteiger partial charge on any atom is 0.305 e. The molecule has 0 spiro atoms. The van der Waals surface area contributed by atoms with E-state index in [2.05, 4.69) is 9.97 Å². The fraction of sp³-hybridized carbons (Fsp3) is 0.161. The van der Waals surface area contributed by atoms with Crippen molar-refractivity contribution in [3.05, 3.63) is 101 Å². The average Bonchev–Trinajstić information content (AvgIpc) is 3.30. The molecule has 5 N–H and O–H groups in total. The van der Waals surface area contributed by atoms with Crippen LogP contribution in [0.1, 0.15) is 40.0 Å². The molecule has 0 fully saturated rings. The number of para-hydroxylation sites is 1. The highest BCUT2D eigenvalue weighted by molar-refractivity contribution is 7.93. The van der Waals surface area contributed by atoms with Gasteiger partial charge in [-0.25, -0.2) is 8.42 Å². The van der Waals surface area contributed by atoms with E-state index in [1.54, 1.807) is 61.5 Å². The number of nitrogen functional groups attached to an aromatic ring is 1. The van der Waals surface area contributed by atoms with E-state index in [1.807, 2.05) is 12.1 Å². The number of carboxylic acid groups (broad SMARTS) is 1. The van der Waals surface area contributed by atoms with Crippen molar-refractivity contribution < 1.29 is 23.1 Å². The highest BCUT2D eigenvalue weighted by atomic mass is 35.5. The first-order chi connectivity index (χ1) is 20.1. The number of carboxylic acids is 1. The summed E-state index contributed by atoms with van der Waals surface area (Å²) in [5.74, 6) is -1.29. The number of Topliss-reactive ketones (excluding diaryl/α,β-unsaturated/α-hetero) is 1. The van der Waals surface area contributed by atoms with Gasteiger partial charge in [-0.2, -0.15) is 0 Å². The number of nitrogens with zero attached hydrogens (tertiary/aromatic N) is 2. The number of benzene rings is 3. The summed E-state index contributed by atoms with van der Waals surface area (Å²) in [5.41, 5.74) is 9.33. The maximum atomic E-state index is 14.0. The van der Waals surface area contributed by atoms with Gasteiger partial charge in [-0.1, -0.05) is 42.5 Å². The molecular formula is C31H30ClN5O5S. The number of hydrogen-bond donors (Lipinski definition) is 4. The molecular weight excluding hydrogens is 590 g/mol. The molecule has 3 aromatic carbocycles. The molecule has 0 aliphatic carbocycles. The Labute approximate surface area is 254 Å². The van der Waals surface area contributed by atoms with E-state index in [9.17, 15) is 23.1 Å². The standard InChI is InChI=1S/C31H29N5O5S.ClH/c1-19-29(26(37)14-9-20-7-10-22(11-8-20)31(32)33)24-18-23(12-13-25(24)35-19)36(17-15-28(38)39)42(40,41)27-6-2-4-21-5-3-16-34-30(21)27;/h2-8,10-13,16,18,35H,9,14-15,17H2,1H3,(H3,32,33)(H,38,39);1H. The number of anilines is 1. The van der Waals surface area contributed by atoms with E-state index in [1.165, 1.54) is 12.3 Å². The number of carbonyl (C=O) groups is 2. The van der Waals surface area contributed by atoms with Crippen LogP contribution in [0, 0.1) is 12.3 Å². The molecule has 0 amide bonds. The number of H-pyrrole nitrogens is 1. The van der Waals surface area contributed by atoms with Gasteiger partial charge in [-0.05, 0) is 49.2 Å². The third-order valence-corrected chi connectivity index (χ3v) is 8.99. The number of aliphatic carboxylic acids is 1. The number of halogens is 1. The van der Waals surface area contributed by atoms with Gasteiger partial charge in [0.2, 0.25) is 0 Å². The number of aromatic amines is 1.